The van der Waals surface area contributed by atoms with E-state index in [0.29, 0.717) is 5.56 Å². The Labute approximate surface area is 141 Å². The summed E-state index contributed by atoms with van der Waals surface area (Å²) in [6, 6.07) is 5.50. The lowest BCUT2D eigenvalue weighted by molar-refractivity contribution is -0.138. The molecule has 8 heteroatoms. The van der Waals surface area contributed by atoms with Crippen LogP contribution in [0.25, 0.3) is 11.1 Å². The Hall–Kier alpha value is -2.61. The van der Waals surface area contributed by atoms with Crippen molar-refractivity contribution in [2.45, 2.75) is 25.6 Å². The van der Waals surface area contributed by atoms with Gasteiger partial charge in [0.2, 0.25) is 0 Å². The van der Waals surface area contributed by atoms with Gasteiger partial charge in [-0.25, -0.2) is 0 Å². The summed E-state index contributed by atoms with van der Waals surface area (Å²) in [5.74, 6) is -1.17. The first-order chi connectivity index (χ1) is 11.5. The Morgan fingerprint density at radius 1 is 1.28 bits per heavy atom. The minimum absolute atomic E-state index is 0.0354. The molecule has 0 spiro atoms. The highest BCUT2D eigenvalue weighted by molar-refractivity contribution is 5.73. The average molecular weight is 354 g/mol. The number of rotatable bonds is 4. The van der Waals surface area contributed by atoms with Crippen LogP contribution in [0.2, 0.25) is 0 Å². The lowest BCUT2D eigenvalue weighted by Crippen LogP contribution is -2.32. The molecule has 2 rings (SSSR count). The minimum Gasteiger partial charge on any atom is -0.480 e. The van der Waals surface area contributed by atoms with Crippen molar-refractivity contribution < 1.29 is 23.1 Å². The average Bonchev–Trinajstić information content (AvgIpc) is 2.52. The van der Waals surface area contributed by atoms with Gasteiger partial charge in [-0.1, -0.05) is 24.3 Å². The maximum Gasteiger partial charge on any atom is 0.417 e. The summed E-state index contributed by atoms with van der Waals surface area (Å²) in [5.41, 5.74) is 4.12. The van der Waals surface area contributed by atoms with Gasteiger partial charge in [-0.15, -0.1) is 0 Å². The van der Waals surface area contributed by atoms with E-state index in [1.165, 1.54) is 38.2 Å². The summed E-state index contributed by atoms with van der Waals surface area (Å²) in [4.78, 5) is 23.1. The molecule has 0 saturated heterocycles. The van der Waals surface area contributed by atoms with Crippen LogP contribution >= 0.6 is 0 Å². The number of hydrogen-bond acceptors (Lipinski definition) is 3. The van der Waals surface area contributed by atoms with Gasteiger partial charge in [0.05, 0.1) is 11.1 Å². The molecule has 0 aliphatic heterocycles. The van der Waals surface area contributed by atoms with Crippen LogP contribution in [0.3, 0.4) is 0 Å². The first-order valence-corrected chi connectivity index (χ1v) is 7.38. The highest BCUT2D eigenvalue weighted by atomic mass is 19.4. The molecule has 0 aliphatic rings. The number of halogens is 3. The summed E-state index contributed by atoms with van der Waals surface area (Å²) in [6.45, 7) is 1.43. The number of pyridine rings is 1. The number of aromatic nitrogens is 1. The van der Waals surface area contributed by atoms with Crippen molar-refractivity contribution in [2.75, 3.05) is 0 Å². The third kappa shape index (κ3) is 3.90. The molecule has 2 aromatic rings. The van der Waals surface area contributed by atoms with E-state index in [2.05, 4.69) is 0 Å². The van der Waals surface area contributed by atoms with E-state index in [4.69, 9.17) is 10.8 Å². The zero-order chi connectivity index (χ0) is 18.9. The molecule has 1 aromatic carbocycles. The topological polar surface area (TPSA) is 85.3 Å². The molecule has 0 radical (unpaired) electrons. The van der Waals surface area contributed by atoms with E-state index in [-0.39, 0.29) is 17.7 Å². The predicted octanol–water partition coefficient (Wildman–Crippen LogP) is 2.33. The van der Waals surface area contributed by atoms with E-state index in [9.17, 15) is 22.8 Å². The summed E-state index contributed by atoms with van der Waals surface area (Å²) in [7, 11) is 1.40. The largest absolute Gasteiger partial charge is 0.480 e. The van der Waals surface area contributed by atoms with Crippen LogP contribution in [0.15, 0.2) is 35.1 Å². The molecular formula is C17H17F3N2O3. The van der Waals surface area contributed by atoms with Gasteiger partial charge in [-0.3, -0.25) is 9.59 Å². The zero-order valence-electron chi connectivity index (χ0n) is 13.6. The Kier molecular flexibility index (Phi) is 5.03. The van der Waals surface area contributed by atoms with E-state index in [1.54, 1.807) is 0 Å². The molecule has 0 amide bonds. The molecule has 1 unspecified atom stereocenters. The Balaban J connectivity index is 2.53. The molecule has 134 valence electrons. The first kappa shape index (κ1) is 18.7. The molecule has 0 fully saturated rings. The van der Waals surface area contributed by atoms with Crippen LogP contribution in [-0.4, -0.2) is 21.7 Å². The minimum atomic E-state index is -4.67. The van der Waals surface area contributed by atoms with Crippen molar-refractivity contribution in [3.8, 4) is 11.1 Å². The second-order valence-corrected chi connectivity index (χ2v) is 5.78. The van der Waals surface area contributed by atoms with Crippen LogP contribution in [0.1, 0.15) is 16.8 Å². The van der Waals surface area contributed by atoms with Crippen molar-refractivity contribution in [3.63, 3.8) is 0 Å². The number of aliphatic carboxylic acids is 1. The quantitative estimate of drug-likeness (QED) is 0.882. The number of carboxylic acids is 1. The molecule has 1 aromatic heterocycles. The van der Waals surface area contributed by atoms with Gasteiger partial charge in [0, 0.05) is 12.7 Å². The standard InChI is InChI=1S/C17H17F3N2O3/c1-9-7-12(17(18,19)20)14(15(23)22(9)2)11-5-3-10(4-6-11)8-13(21)16(24)25/h3-7,13H,8,21H2,1-2H3,(H,24,25). The third-order valence-corrected chi connectivity index (χ3v) is 3.99. The second kappa shape index (κ2) is 6.72. The van der Waals surface area contributed by atoms with E-state index >= 15 is 0 Å². The Morgan fingerprint density at radius 2 is 1.84 bits per heavy atom. The smallest absolute Gasteiger partial charge is 0.417 e. The highest BCUT2D eigenvalue weighted by Gasteiger charge is 2.35. The second-order valence-electron chi connectivity index (χ2n) is 5.78. The fourth-order valence-electron chi connectivity index (χ4n) is 2.47. The fraction of sp³-hybridized carbons (Fsp3) is 0.294. The van der Waals surface area contributed by atoms with Gasteiger partial charge in [-0.05, 0) is 30.5 Å². The monoisotopic (exact) mass is 354 g/mol. The van der Waals surface area contributed by atoms with Gasteiger partial charge >= 0.3 is 12.1 Å². The number of aryl methyl sites for hydroxylation is 1. The predicted molar refractivity (Wildman–Crippen MR) is 86.2 cm³/mol. The van der Waals surface area contributed by atoms with Crippen molar-refractivity contribution >= 4 is 5.97 Å². The number of carboxylic acid groups (broad SMARTS) is 1. The molecule has 0 aliphatic carbocycles. The van der Waals surface area contributed by atoms with Crippen LogP contribution in [0.4, 0.5) is 13.2 Å². The lowest BCUT2D eigenvalue weighted by Gasteiger charge is -2.16. The van der Waals surface area contributed by atoms with Crippen LogP contribution in [-0.2, 0) is 24.4 Å². The first-order valence-electron chi connectivity index (χ1n) is 7.38. The normalized spacial score (nSPS) is 12.9. The van der Waals surface area contributed by atoms with E-state index in [1.807, 2.05) is 0 Å². The summed E-state index contributed by atoms with van der Waals surface area (Å²) >= 11 is 0. The number of alkyl halides is 3. The van der Waals surface area contributed by atoms with E-state index < -0.39 is 34.9 Å². The summed E-state index contributed by atoms with van der Waals surface area (Å²) in [5, 5.41) is 8.80. The summed E-state index contributed by atoms with van der Waals surface area (Å²) < 4.78 is 41.2. The van der Waals surface area contributed by atoms with Crippen LogP contribution in [0.5, 0.6) is 0 Å². The molecular weight excluding hydrogens is 337 g/mol. The molecule has 25 heavy (non-hydrogen) atoms. The molecule has 5 nitrogen and oxygen atoms in total. The molecule has 3 N–H and O–H groups in total. The molecule has 1 heterocycles. The maximum atomic E-state index is 13.3. The van der Waals surface area contributed by atoms with Gasteiger partial charge < -0.3 is 15.4 Å². The number of hydrogen-bond donors (Lipinski definition) is 2. The van der Waals surface area contributed by atoms with Gasteiger partial charge in [0.25, 0.3) is 5.56 Å². The zero-order valence-corrected chi connectivity index (χ0v) is 13.6. The Morgan fingerprint density at radius 3 is 2.32 bits per heavy atom. The van der Waals surface area contributed by atoms with Gasteiger partial charge in [0.15, 0.2) is 0 Å². The molecule has 1 atom stereocenters. The van der Waals surface area contributed by atoms with Crippen molar-refractivity contribution in [1.29, 1.82) is 0 Å². The highest BCUT2D eigenvalue weighted by Crippen LogP contribution is 2.35. The maximum absolute atomic E-state index is 13.3. The number of nitrogens with two attached hydrogens (primary N) is 1. The number of carbonyl (C=O) groups is 1. The van der Waals surface area contributed by atoms with Crippen molar-refractivity contribution in [1.82, 2.24) is 4.57 Å². The van der Waals surface area contributed by atoms with E-state index in [0.717, 1.165) is 10.6 Å². The molecule has 0 bridgehead atoms. The number of benzene rings is 1. The number of nitrogens with zero attached hydrogens (tertiary/aromatic N) is 1. The Bertz CT molecular complexity index is 855. The van der Waals surface area contributed by atoms with Crippen LogP contribution in [0, 0.1) is 6.92 Å². The van der Waals surface area contributed by atoms with Crippen LogP contribution < -0.4 is 11.3 Å². The van der Waals surface area contributed by atoms with Crippen molar-refractivity contribution in [2.24, 2.45) is 12.8 Å². The van der Waals surface area contributed by atoms with Gasteiger partial charge in [-0.2, -0.15) is 13.2 Å². The lowest BCUT2D eigenvalue weighted by atomic mass is 9.97. The third-order valence-electron chi connectivity index (χ3n) is 3.99. The van der Waals surface area contributed by atoms with Crippen molar-refractivity contribution in [3.05, 3.63) is 57.5 Å². The van der Waals surface area contributed by atoms with Gasteiger partial charge in [0.1, 0.15) is 6.04 Å². The summed E-state index contributed by atoms with van der Waals surface area (Å²) in [6.07, 6.45) is -4.63. The molecule has 0 saturated carbocycles. The fourth-order valence-corrected chi connectivity index (χ4v) is 2.47. The SMILES string of the molecule is Cc1cc(C(F)(F)F)c(-c2ccc(CC(N)C(=O)O)cc2)c(=O)n1C.